The number of anilines is 2. The number of carbonyl (C=O) groups is 1. The number of hydrogen-bond acceptors (Lipinski definition) is 4. The maximum absolute atomic E-state index is 13.2. The number of nitrogens with zero attached hydrogens (tertiary/aromatic N) is 5. The van der Waals surface area contributed by atoms with Crippen LogP contribution in [0.5, 0.6) is 0 Å². The monoisotopic (exact) mass is 417 g/mol. The van der Waals surface area contributed by atoms with E-state index in [4.69, 9.17) is 11.6 Å². The highest BCUT2D eigenvalue weighted by molar-refractivity contribution is 6.31. The predicted octanol–water partition coefficient (Wildman–Crippen LogP) is 4.78. The Kier molecular flexibility index (Phi) is 4.67. The molecule has 1 aromatic carbocycles. The van der Waals surface area contributed by atoms with Gasteiger partial charge in [-0.05, 0) is 42.5 Å². The van der Waals surface area contributed by atoms with Crippen LogP contribution in [0.3, 0.4) is 0 Å². The number of hydrogen-bond donors (Lipinski definition) is 0. The maximum atomic E-state index is 13.2. The van der Waals surface area contributed by atoms with Crippen LogP contribution in [-0.4, -0.2) is 25.5 Å². The molecule has 0 aliphatic heterocycles. The summed E-state index contributed by atoms with van der Waals surface area (Å²) in [4.78, 5) is 22.0. The van der Waals surface area contributed by atoms with Crippen LogP contribution in [0.15, 0.2) is 67.0 Å². The van der Waals surface area contributed by atoms with E-state index in [1.54, 1.807) is 30.5 Å². The molecule has 0 atom stereocenters. The third-order valence-corrected chi connectivity index (χ3v) is 4.23. The van der Waals surface area contributed by atoms with Crippen LogP contribution in [0.25, 0.3) is 5.65 Å². The number of fused-ring (bicyclic) bond motifs is 1. The smallest absolute Gasteiger partial charge is 0.266 e. The maximum Gasteiger partial charge on any atom is 0.433 e. The average molecular weight is 418 g/mol. The van der Waals surface area contributed by atoms with Gasteiger partial charge in [0.15, 0.2) is 5.65 Å². The largest absolute Gasteiger partial charge is 0.433 e. The highest BCUT2D eigenvalue weighted by Gasteiger charge is 2.34. The Morgan fingerprint density at radius 3 is 2.62 bits per heavy atom. The van der Waals surface area contributed by atoms with Crippen LogP contribution in [-0.2, 0) is 6.18 Å². The SMILES string of the molecule is O=C(c1ccc2nccn2n1)N(c1cccc(Cl)c1)c1cccc(C(F)(F)F)n1. The Balaban J connectivity index is 1.85. The van der Waals surface area contributed by atoms with Gasteiger partial charge in [0.05, 0.1) is 5.69 Å². The molecule has 0 spiro atoms. The summed E-state index contributed by atoms with van der Waals surface area (Å²) in [6.45, 7) is 0. The molecule has 146 valence electrons. The third-order valence-electron chi connectivity index (χ3n) is 4.00. The average Bonchev–Trinajstić information content (AvgIpc) is 3.15. The summed E-state index contributed by atoms with van der Waals surface area (Å²) in [6, 6.07) is 12.5. The van der Waals surface area contributed by atoms with E-state index in [9.17, 15) is 18.0 Å². The first-order chi connectivity index (χ1) is 13.8. The zero-order chi connectivity index (χ0) is 20.6. The van der Waals surface area contributed by atoms with E-state index >= 15 is 0 Å². The quantitative estimate of drug-likeness (QED) is 0.481. The zero-order valence-corrected chi connectivity index (χ0v) is 15.3. The van der Waals surface area contributed by atoms with E-state index in [0.717, 1.165) is 11.0 Å². The van der Waals surface area contributed by atoms with Gasteiger partial charge in [0.2, 0.25) is 0 Å². The van der Waals surface area contributed by atoms with Crippen molar-refractivity contribution < 1.29 is 18.0 Å². The van der Waals surface area contributed by atoms with Crippen LogP contribution >= 0.6 is 11.6 Å². The minimum atomic E-state index is -4.66. The van der Waals surface area contributed by atoms with Gasteiger partial charge in [0.1, 0.15) is 17.2 Å². The van der Waals surface area contributed by atoms with Gasteiger partial charge in [0, 0.05) is 17.4 Å². The molecule has 10 heteroatoms. The van der Waals surface area contributed by atoms with Crippen molar-refractivity contribution in [2.75, 3.05) is 4.90 Å². The lowest BCUT2D eigenvalue weighted by Crippen LogP contribution is -2.28. The minimum absolute atomic E-state index is 0.00492. The van der Waals surface area contributed by atoms with Gasteiger partial charge in [-0.25, -0.2) is 14.5 Å². The number of carbonyl (C=O) groups excluding carboxylic acids is 1. The molecule has 0 fully saturated rings. The van der Waals surface area contributed by atoms with Crippen LogP contribution in [0, 0.1) is 0 Å². The van der Waals surface area contributed by atoms with Crippen molar-refractivity contribution in [3.05, 3.63) is 83.4 Å². The molecule has 6 nitrogen and oxygen atoms in total. The summed E-state index contributed by atoms with van der Waals surface area (Å²) >= 11 is 6.03. The molecule has 4 aromatic rings. The summed E-state index contributed by atoms with van der Waals surface area (Å²) in [5, 5.41) is 4.49. The highest BCUT2D eigenvalue weighted by Crippen LogP contribution is 2.32. The number of pyridine rings is 1. The summed E-state index contributed by atoms with van der Waals surface area (Å²) in [7, 11) is 0. The number of imidazole rings is 1. The standard InChI is InChI=1S/C19H11ClF3N5O/c20-12-3-1-4-13(11-12)28(17-6-2-5-15(25-17)19(21,22)23)18(29)14-7-8-16-24-9-10-27(16)26-14/h1-11H. The topological polar surface area (TPSA) is 63.4 Å². The molecule has 0 N–H and O–H groups in total. The van der Waals surface area contributed by atoms with E-state index in [1.165, 1.54) is 35.0 Å². The number of halogens is 4. The van der Waals surface area contributed by atoms with Crippen molar-refractivity contribution >= 4 is 34.7 Å². The molecular weight excluding hydrogens is 407 g/mol. The third kappa shape index (κ3) is 3.77. The highest BCUT2D eigenvalue weighted by atomic mass is 35.5. The van der Waals surface area contributed by atoms with Gasteiger partial charge < -0.3 is 0 Å². The van der Waals surface area contributed by atoms with Crippen molar-refractivity contribution in [2.24, 2.45) is 0 Å². The molecule has 3 aromatic heterocycles. The molecule has 3 heterocycles. The predicted molar refractivity (Wildman–Crippen MR) is 100 cm³/mol. The second kappa shape index (κ2) is 7.17. The first-order valence-corrected chi connectivity index (χ1v) is 8.65. The molecule has 0 aliphatic rings. The van der Waals surface area contributed by atoms with Crippen LogP contribution in [0.2, 0.25) is 5.02 Å². The molecule has 0 radical (unpaired) electrons. The van der Waals surface area contributed by atoms with Gasteiger partial charge in [-0.3, -0.25) is 9.69 Å². The lowest BCUT2D eigenvalue weighted by molar-refractivity contribution is -0.141. The van der Waals surface area contributed by atoms with Gasteiger partial charge >= 0.3 is 6.18 Å². The lowest BCUT2D eigenvalue weighted by Gasteiger charge is -2.22. The van der Waals surface area contributed by atoms with Gasteiger partial charge in [0.25, 0.3) is 5.91 Å². The molecule has 0 unspecified atom stereocenters. The van der Waals surface area contributed by atoms with E-state index in [1.807, 2.05) is 0 Å². The fraction of sp³-hybridized carbons (Fsp3) is 0.0526. The Labute approximate surface area is 167 Å². The summed E-state index contributed by atoms with van der Waals surface area (Å²) in [5.41, 5.74) is -0.350. The molecule has 29 heavy (non-hydrogen) atoms. The van der Waals surface area contributed by atoms with E-state index < -0.39 is 17.8 Å². The van der Waals surface area contributed by atoms with Crippen LogP contribution in [0.1, 0.15) is 16.2 Å². The molecule has 0 bridgehead atoms. The molecule has 0 aliphatic carbocycles. The summed E-state index contributed by atoms with van der Waals surface area (Å²) < 4.78 is 40.8. The van der Waals surface area contributed by atoms with Crippen molar-refractivity contribution in [1.82, 2.24) is 19.6 Å². The van der Waals surface area contributed by atoms with Crippen molar-refractivity contribution in [2.45, 2.75) is 6.18 Å². The van der Waals surface area contributed by atoms with Crippen LogP contribution in [0.4, 0.5) is 24.7 Å². The minimum Gasteiger partial charge on any atom is -0.266 e. The molecule has 0 saturated carbocycles. The van der Waals surface area contributed by atoms with E-state index in [2.05, 4.69) is 15.1 Å². The number of rotatable bonds is 3. The van der Waals surface area contributed by atoms with E-state index in [-0.39, 0.29) is 17.2 Å². The van der Waals surface area contributed by atoms with Gasteiger partial charge in [-0.1, -0.05) is 23.7 Å². The molecule has 1 amide bonds. The molecular formula is C19H11ClF3N5O. The second-order valence-corrected chi connectivity index (χ2v) is 6.38. The van der Waals surface area contributed by atoms with Crippen LogP contribution < -0.4 is 4.90 Å². The van der Waals surface area contributed by atoms with Gasteiger partial charge in [-0.2, -0.15) is 18.3 Å². The Bertz CT molecular complexity index is 1210. The molecule has 0 saturated heterocycles. The summed E-state index contributed by atoms with van der Waals surface area (Å²) in [6.07, 6.45) is -1.59. The lowest BCUT2D eigenvalue weighted by atomic mass is 10.2. The fourth-order valence-corrected chi connectivity index (χ4v) is 2.90. The Morgan fingerprint density at radius 1 is 1.07 bits per heavy atom. The normalized spacial score (nSPS) is 11.6. The Hall–Kier alpha value is -3.46. The number of benzene rings is 1. The number of aromatic nitrogens is 4. The second-order valence-electron chi connectivity index (χ2n) is 5.95. The fourth-order valence-electron chi connectivity index (χ4n) is 2.72. The summed E-state index contributed by atoms with van der Waals surface area (Å²) in [5.74, 6) is -0.880. The van der Waals surface area contributed by atoms with Crippen molar-refractivity contribution in [3.63, 3.8) is 0 Å². The molecule has 4 rings (SSSR count). The van der Waals surface area contributed by atoms with Gasteiger partial charge in [-0.15, -0.1) is 0 Å². The number of alkyl halides is 3. The van der Waals surface area contributed by atoms with Crippen molar-refractivity contribution in [1.29, 1.82) is 0 Å². The van der Waals surface area contributed by atoms with Crippen molar-refractivity contribution in [3.8, 4) is 0 Å². The number of amides is 1. The first-order valence-electron chi connectivity index (χ1n) is 8.27. The zero-order valence-electron chi connectivity index (χ0n) is 14.5. The van der Waals surface area contributed by atoms with E-state index in [0.29, 0.717) is 10.7 Å². The Morgan fingerprint density at radius 2 is 1.86 bits per heavy atom. The first kappa shape index (κ1) is 18.9.